The smallest absolute Gasteiger partial charge is 0.119 e. The molecule has 2 unspecified atom stereocenters. The van der Waals surface area contributed by atoms with Crippen LogP contribution in [-0.2, 0) is 22.7 Å². The van der Waals surface area contributed by atoms with Gasteiger partial charge in [-0.25, -0.2) is 0 Å². The third kappa shape index (κ3) is 9.19. The van der Waals surface area contributed by atoms with Gasteiger partial charge in [0.1, 0.15) is 5.75 Å². The average molecular weight is 626 g/mol. The largest absolute Gasteiger partial charge is 0.494 e. The van der Waals surface area contributed by atoms with Gasteiger partial charge in [-0.3, -0.25) is 0 Å². The fourth-order valence-electron chi connectivity index (χ4n) is 4.21. The summed E-state index contributed by atoms with van der Waals surface area (Å²) in [6.07, 6.45) is 2.07. The van der Waals surface area contributed by atoms with Crippen LogP contribution in [0.2, 0.25) is 0 Å². The van der Waals surface area contributed by atoms with E-state index in [1.165, 1.54) is 11.1 Å². The molecule has 1 N–H and O–H groups in total. The first kappa shape index (κ1) is 28.2. The zero-order valence-electron chi connectivity index (χ0n) is 19.6. The summed E-state index contributed by atoms with van der Waals surface area (Å²) in [6.45, 7) is 4.45. The molecule has 0 radical (unpaired) electrons. The molecule has 7 heteroatoms. The summed E-state index contributed by atoms with van der Waals surface area (Å²) in [5, 5.41) is 3.48. The monoisotopic (exact) mass is 623 g/mol. The van der Waals surface area contributed by atoms with Crippen LogP contribution in [0.5, 0.6) is 5.75 Å². The third-order valence-electron chi connectivity index (χ3n) is 5.93. The highest BCUT2D eigenvalue weighted by atomic mass is 79.9. The van der Waals surface area contributed by atoms with Crippen LogP contribution in [0.3, 0.4) is 0 Å². The highest BCUT2D eigenvalue weighted by Gasteiger charge is 2.27. The van der Waals surface area contributed by atoms with Gasteiger partial charge in [-0.05, 0) is 60.0 Å². The maximum absolute atomic E-state index is 6.36. The first-order valence-corrected chi connectivity index (χ1v) is 13.4. The number of rotatable bonds is 11. The van der Waals surface area contributed by atoms with Gasteiger partial charge in [0.05, 0.1) is 32.5 Å². The Balaban J connectivity index is 0.00000342. The first-order chi connectivity index (χ1) is 16.7. The van der Waals surface area contributed by atoms with Gasteiger partial charge in [0.25, 0.3) is 0 Å². The molecule has 0 aromatic heterocycles. The lowest BCUT2D eigenvalue weighted by atomic mass is 9.87. The van der Waals surface area contributed by atoms with Crippen molar-refractivity contribution in [2.75, 3.05) is 26.3 Å². The Morgan fingerprint density at radius 1 is 0.829 bits per heavy atom. The lowest BCUT2D eigenvalue weighted by Crippen LogP contribution is -2.40. The summed E-state index contributed by atoms with van der Waals surface area (Å²) in [4.78, 5) is 0. The van der Waals surface area contributed by atoms with E-state index >= 15 is 0 Å². The minimum Gasteiger partial charge on any atom is -0.494 e. The Morgan fingerprint density at radius 3 is 2.31 bits per heavy atom. The van der Waals surface area contributed by atoms with Crippen LogP contribution in [0.15, 0.2) is 81.7 Å². The Bertz CT molecular complexity index is 1000. The van der Waals surface area contributed by atoms with E-state index in [4.69, 9.17) is 14.2 Å². The molecule has 0 bridgehead atoms. The van der Waals surface area contributed by atoms with E-state index in [0.717, 1.165) is 46.2 Å². The van der Waals surface area contributed by atoms with Crippen molar-refractivity contribution in [2.24, 2.45) is 0 Å². The SMILES string of the molecule is Brc1cc(Br)cc(COC2CNCCC2c2ccc(OCCCOCc3ccccc3)cc2)c1.Cl. The van der Waals surface area contributed by atoms with E-state index in [1.807, 2.05) is 24.3 Å². The van der Waals surface area contributed by atoms with E-state index in [-0.39, 0.29) is 18.5 Å². The molecule has 0 aliphatic carbocycles. The van der Waals surface area contributed by atoms with E-state index < -0.39 is 0 Å². The van der Waals surface area contributed by atoms with Crippen LogP contribution in [-0.4, -0.2) is 32.4 Å². The molecule has 1 fully saturated rings. The lowest BCUT2D eigenvalue weighted by molar-refractivity contribution is 0.0106. The van der Waals surface area contributed by atoms with Crippen molar-refractivity contribution < 1.29 is 14.2 Å². The number of nitrogens with one attached hydrogen (secondary N) is 1. The zero-order valence-corrected chi connectivity index (χ0v) is 23.6. The van der Waals surface area contributed by atoms with Crippen LogP contribution in [0.25, 0.3) is 0 Å². The molecule has 1 aliphatic heterocycles. The second-order valence-corrected chi connectivity index (χ2v) is 10.4. The summed E-state index contributed by atoms with van der Waals surface area (Å²) in [7, 11) is 0. The molecule has 2 atom stereocenters. The van der Waals surface area contributed by atoms with Crippen LogP contribution >= 0.6 is 44.3 Å². The maximum Gasteiger partial charge on any atom is 0.119 e. The highest BCUT2D eigenvalue weighted by molar-refractivity contribution is 9.11. The molecule has 0 saturated carbocycles. The predicted molar refractivity (Wildman–Crippen MR) is 151 cm³/mol. The van der Waals surface area contributed by atoms with Crippen LogP contribution < -0.4 is 10.1 Å². The van der Waals surface area contributed by atoms with E-state index in [0.29, 0.717) is 32.3 Å². The van der Waals surface area contributed by atoms with Gasteiger partial charge in [-0.2, -0.15) is 0 Å². The van der Waals surface area contributed by atoms with Crippen LogP contribution in [0.4, 0.5) is 0 Å². The summed E-state index contributed by atoms with van der Waals surface area (Å²) in [5.41, 5.74) is 3.66. The second-order valence-electron chi connectivity index (χ2n) is 8.54. The van der Waals surface area contributed by atoms with Crippen LogP contribution in [0.1, 0.15) is 35.4 Å². The van der Waals surface area contributed by atoms with Gasteiger partial charge in [0.2, 0.25) is 0 Å². The minimum atomic E-state index is 0. The molecule has 4 rings (SSSR count). The van der Waals surface area contributed by atoms with Crippen molar-refractivity contribution in [3.05, 3.63) is 98.4 Å². The summed E-state index contributed by atoms with van der Waals surface area (Å²) < 4.78 is 20.1. The number of hydrogen-bond acceptors (Lipinski definition) is 4. The van der Waals surface area contributed by atoms with Crippen molar-refractivity contribution in [3.8, 4) is 5.75 Å². The number of piperidine rings is 1. The van der Waals surface area contributed by atoms with Crippen molar-refractivity contribution in [1.82, 2.24) is 5.32 Å². The Kier molecular flexibility index (Phi) is 12.1. The highest BCUT2D eigenvalue weighted by Crippen LogP contribution is 2.30. The molecule has 3 aromatic carbocycles. The van der Waals surface area contributed by atoms with Gasteiger partial charge in [-0.15, -0.1) is 12.4 Å². The fraction of sp³-hybridized carbons (Fsp3) is 0.357. The first-order valence-electron chi connectivity index (χ1n) is 11.8. The van der Waals surface area contributed by atoms with Crippen LogP contribution in [0, 0.1) is 0 Å². The van der Waals surface area contributed by atoms with Crippen molar-refractivity contribution >= 4 is 44.3 Å². The second kappa shape index (κ2) is 15.0. The molecule has 3 aromatic rings. The number of halogens is 3. The normalized spacial score (nSPS) is 17.5. The average Bonchev–Trinajstić information content (AvgIpc) is 2.85. The lowest BCUT2D eigenvalue weighted by Gasteiger charge is -2.32. The molecule has 0 amide bonds. The molecule has 4 nitrogen and oxygen atoms in total. The molecular formula is C28H32Br2ClNO3. The topological polar surface area (TPSA) is 39.7 Å². The zero-order chi connectivity index (χ0) is 23.6. The molecule has 188 valence electrons. The van der Waals surface area contributed by atoms with Gasteiger partial charge in [-0.1, -0.05) is 74.3 Å². The number of ether oxygens (including phenoxy) is 3. The summed E-state index contributed by atoms with van der Waals surface area (Å²) in [5.74, 6) is 1.27. The van der Waals surface area contributed by atoms with Gasteiger partial charge in [0, 0.05) is 27.8 Å². The van der Waals surface area contributed by atoms with E-state index in [1.54, 1.807) is 0 Å². The van der Waals surface area contributed by atoms with Gasteiger partial charge >= 0.3 is 0 Å². The fourth-order valence-corrected chi connectivity index (χ4v) is 5.60. The maximum atomic E-state index is 6.36. The van der Waals surface area contributed by atoms with Crippen molar-refractivity contribution in [1.29, 1.82) is 0 Å². The quantitative estimate of drug-likeness (QED) is 0.228. The van der Waals surface area contributed by atoms with E-state index in [9.17, 15) is 0 Å². The molecule has 1 aliphatic rings. The molecular weight excluding hydrogens is 594 g/mol. The van der Waals surface area contributed by atoms with E-state index in [2.05, 4.69) is 85.7 Å². The molecule has 1 heterocycles. The van der Waals surface area contributed by atoms with Crippen molar-refractivity contribution in [2.45, 2.75) is 38.1 Å². The standard InChI is InChI=1S/C28H31Br2NO3.ClH/c29-24-15-22(16-25(30)17-24)20-34-28-18-31-12-11-27(28)23-7-9-26(10-8-23)33-14-4-13-32-19-21-5-2-1-3-6-21;/h1-3,5-10,15-17,27-28,31H,4,11-14,18-20H2;1H. The number of hydrogen-bond donors (Lipinski definition) is 1. The van der Waals surface area contributed by atoms with Crippen molar-refractivity contribution in [3.63, 3.8) is 0 Å². The summed E-state index contributed by atoms with van der Waals surface area (Å²) >= 11 is 7.11. The molecule has 35 heavy (non-hydrogen) atoms. The van der Waals surface area contributed by atoms with Gasteiger partial charge < -0.3 is 19.5 Å². The Hall–Kier alpha value is -1.41. The third-order valence-corrected chi connectivity index (χ3v) is 6.85. The van der Waals surface area contributed by atoms with Gasteiger partial charge in [0.15, 0.2) is 0 Å². The predicted octanol–water partition coefficient (Wildman–Crippen LogP) is 7.28. The molecule has 1 saturated heterocycles. The Morgan fingerprint density at radius 2 is 1.57 bits per heavy atom. The minimum absolute atomic E-state index is 0. The number of benzene rings is 3. The Labute approximate surface area is 231 Å². The summed E-state index contributed by atoms with van der Waals surface area (Å²) in [6, 6.07) is 25.0. The molecule has 0 spiro atoms.